The molecule has 0 saturated carbocycles. The minimum absolute atomic E-state index is 0.0924. The summed E-state index contributed by atoms with van der Waals surface area (Å²) in [6, 6.07) is 5.71. The number of nitrogens with two attached hydrogens (primary N) is 1. The van der Waals surface area contributed by atoms with Crippen LogP contribution in [0.4, 0.5) is 0 Å². The minimum Gasteiger partial charge on any atom is -0.426 e. The molecule has 20 heavy (non-hydrogen) atoms. The Hall–Kier alpha value is -1.81. The Morgan fingerprint density at radius 3 is 2.70 bits per heavy atom. The Balaban J connectivity index is 2.30. The van der Waals surface area contributed by atoms with Crippen LogP contribution in [0.1, 0.15) is 33.3 Å². The first-order chi connectivity index (χ1) is 9.27. The third-order valence-corrected chi connectivity index (χ3v) is 3.10. The second-order valence-corrected chi connectivity index (χ2v) is 6.34. The number of carbonyl (C=O) groups is 1. The van der Waals surface area contributed by atoms with E-state index in [1.54, 1.807) is 6.07 Å². The van der Waals surface area contributed by atoms with Crippen molar-refractivity contribution in [3.63, 3.8) is 0 Å². The van der Waals surface area contributed by atoms with Gasteiger partial charge in [-0.2, -0.15) is 0 Å². The number of benzene rings is 1. The van der Waals surface area contributed by atoms with Crippen LogP contribution in [-0.2, 0) is 11.2 Å². The lowest BCUT2D eigenvalue weighted by Gasteiger charge is -2.16. The summed E-state index contributed by atoms with van der Waals surface area (Å²) in [5.74, 6) is 0.337. The van der Waals surface area contributed by atoms with Crippen LogP contribution in [0.5, 0.6) is 5.75 Å². The number of ether oxygens (including phenoxy) is 1. The maximum atomic E-state index is 11.9. The minimum atomic E-state index is -0.512. The number of aromatic nitrogens is 1. The molecule has 3 N–H and O–H groups in total. The molecular formula is C16H22N2O2. The average Bonchev–Trinajstić information content (AvgIpc) is 2.70. The number of hydrogen-bond acceptors (Lipinski definition) is 3. The van der Waals surface area contributed by atoms with Crippen LogP contribution in [0.15, 0.2) is 24.4 Å². The summed E-state index contributed by atoms with van der Waals surface area (Å²) in [6.45, 7) is 7.49. The zero-order valence-corrected chi connectivity index (χ0v) is 12.5. The zero-order valence-electron chi connectivity index (χ0n) is 12.5. The zero-order chi connectivity index (χ0) is 14.9. The van der Waals surface area contributed by atoms with Gasteiger partial charge in [0.2, 0.25) is 0 Å². The smallest absolute Gasteiger partial charge is 0.316 e. The molecule has 0 saturated heterocycles. The van der Waals surface area contributed by atoms with Crippen molar-refractivity contribution in [3.05, 3.63) is 30.0 Å². The van der Waals surface area contributed by atoms with E-state index in [1.165, 1.54) is 0 Å². The first-order valence-corrected chi connectivity index (χ1v) is 6.85. The SMILES string of the molecule is CC(N)Cc1c[nH]c2ccc(OC(=O)C(C)(C)C)cc12. The van der Waals surface area contributed by atoms with Crippen molar-refractivity contribution in [3.8, 4) is 5.75 Å². The summed E-state index contributed by atoms with van der Waals surface area (Å²) in [6.07, 6.45) is 2.75. The van der Waals surface area contributed by atoms with Crippen LogP contribution in [0.25, 0.3) is 10.9 Å². The standard InChI is InChI=1S/C16H22N2O2/c1-10(17)7-11-9-18-14-6-5-12(8-13(11)14)20-15(19)16(2,3)4/h5-6,8-10,18H,7,17H2,1-4H3. The van der Waals surface area contributed by atoms with E-state index in [2.05, 4.69) is 4.98 Å². The molecule has 4 heteroatoms. The molecule has 0 aliphatic carbocycles. The van der Waals surface area contributed by atoms with Crippen LogP contribution < -0.4 is 10.5 Å². The molecule has 0 aliphatic heterocycles. The quantitative estimate of drug-likeness (QED) is 0.668. The molecule has 0 radical (unpaired) electrons. The molecule has 1 unspecified atom stereocenters. The maximum Gasteiger partial charge on any atom is 0.316 e. The highest BCUT2D eigenvalue weighted by atomic mass is 16.5. The fraction of sp³-hybridized carbons (Fsp3) is 0.438. The van der Waals surface area contributed by atoms with E-state index in [0.717, 1.165) is 22.9 Å². The lowest BCUT2D eigenvalue weighted by atomic mass is 9.97. The van der Waals surface area contributed by atoms with Crippen molar-refractivity contribution in [2.24, 2.45) is 11.1 Å². The predicted molar refractivity (Wildman–Crippen MR) is 80.7 cm³/mol. The van der Waals surface area contributed by atoms with Crippen molar-refractivity contribution in [1.29, 1.82) is 0 Å². The Morgan fingerprint density at radius 1 is 1.40 bits per heavy atom. The molecule has 1 aromatic heterocycles. The van der Waals surface area contributed by atoms with Gasteiger partial charge in [-0.15, -0.1) is 0 Å². The van der Waals surface area contributed by atoms with Gasteiger partial charge in [-0.3, -0.25) is 4.79 Å². The molecule has 0 fully saturated rings. The fourth-order valence-corrected chi connectivity index (χ4v) is 2.00. The Kier molecular flexibility index (Phi) is 3.86. The van der Waals surface area contributed by atoms with E-state index in [0.29, 0.717) is 5.75 Å². The van der Waals surface area contributed by atoms with Gasteiger partial charge >= 0.3 is 5.97 Å². The highest BCUT2D eigenvalue weighted by molar-refractivity contribution is 5.86. The van der Waals surface area contributed by atoms with Gasteiger partial charge < -0.3 is 15.5 Å². The second kappa shape index (κ2) is 5.29. The van der Waals surface area contributed by atoms with Crippen LogP contribution in [0.2, 0.25) is 0 Å². The Bertz CT molecular complexity index is 621. The summed E-state index contributed by atoms with van der Waals surface area (Å²) < 4.78 is 5.43. The van der Waals surface area contributed by atoms with E-state index in [-0.39, 0.29) is 12.0 Å². The summed E-state index contributed by atoms with van der Waals surface area (Å²) in [5, 5.41) is 1.06. The van der Waals surface area contributed by atoms with Crippen LogP contribution >= 0.6 is 0 Å². The molecule has 2 aromatic rings. The Morgan fingerprint density at radius 2 is 2.10 bits per heavy atom. The summed E-state index contributed by atoms with van der Waals surface area (Å²) in [7, 11) is 0. The fourth-order valence-electron chi connectivity index (χ4n) is 2.00. The van der Waals surface area contributed by atoms with Crippen LogP contribution in [-0.4, -0.2) is 17.0 Å². The largest absolute Gasteiger partial charge is 0.426 e. The summed E-state index contributed by atoms with van der Waals surface area (Å²) in [4.78, 5) is 15.1. The van der Waals surface area contributed by atoms with Crippen molar-refractivity contribution >= 4 is 16.9 Å². The monoisotopic (exact) mass is 274 g/mol. The molecular weight excluding hydrogens is 252 g/mol. The molecule has 0 amide bonds. The maximum absolute atomic E-state index is 11.9. The number of fused-ring (bicyclic) bond motifs is 1. The van der Waals surface area contributed by atoms with Crippen molar-refractivity contribution < 1.29 is 9.53 Å². The molecule has 1 atom stereocenters. The number of rotatable bonds is 3. The number of H-pyrrole nitrogens is 1. The predicted octanol–water partition coefficient (Wildman–Crippen LogP) is 3.01. The lowest BCUT2D eigenvalue weighted by molar-refractivity contribution is -0.142. The van der Waals surface area contributed by atoms with Gasteiger partial charge in [-0.25, -0.2) is 0 Å². The Labute approximate surface area is 119 Å². The average molecular weight is 274 g/mol. The third-order valence-electron chi connectivity index (χ3n) is 3.10. The van der Waals surface area contributed by atoms with Gasteiger partial charge in [0, 0.05) is 23.1 Å². The van der Waals surface area contributed by atoms with Gasteiger partial charge in [0.1, 0.15) is 5.75 Å². The molecule has 0 bridgehead atoms. The molecule has 108 valence electrons. The third kappa shape index (κ3) is 3.20. The van der Waals surface area contributed by atoms with E-state index >= 15 is 0 Å². The van der Waals surface area contributed by atoms with Gasteiger partial charge in [0.15, 0.2) is 0 Å². The van der Waals surface area contributed by atoms with Gasteiger partial charge in [0.25, 0.3) is 0 Å². The number of aromatic amines is 1. The molecule has 0 aliphatic rings. The van der Waals surface area contributed by atoms with Crippen LogP contribution in [0.3, 0.4) is 0 Å². The number of nitrogens with one attached hydrogen (secondary N) is 1. The van der Waals surface area contributed by atoms with E-state index in [1.807, 2.05) is 46.0 Å². The second-order valence-electron chi connectivity index (χ2n) is 6.34. The van der Waals surface area contributed by atoms with E-state index in [9.17, 15) is 4.79 Å². The normalized spacial score (nSPS) is 13.4. The molecule has 1 heterocycles. The van der Waals surface area contributed by atoms with E-state index in [4.69, 9.17) is 10.5 Å². The topological polar surface area (TPSA) is 68.1 Å². The lowest BCUT2D eigenvalue weighted by Crippen LogP contribution is -2.25. The number of carbonyl (C=O) groups excluding carboxylic acids is 1. The van der Waals surface area contributed by atoms with Gasteiger partial charge in [-0.1, -0.05) is 0 Å². The van der Waals surface area contributed by atoms with Gasteiger partial charge in [0.05, 0.1) is 5.41 Å². The molecule has 4 nitrogen and oxygen atoms in total. The molecule has 1 aromatic carbocycles. The van der Waals surface area contributed by atoms with Crippen molar-refractivity contribution in [1.82, 2.24) is 4.98 Å². The highest BCUT2D eigenvalue weighted by Crippen LogP contribution is 2.26. The summed E-state index contributed by atoms with van der Waals surface area (Å²) in [5.41, 5.74) is 7.51. The molecule has 0 spiro atoms. The number of hydrogen-bond donors (Lipinski definition) is 2. The first kappa shape index (κ1) is 14.6. The van der Waals surface area contributed by atoms with Crippen LogP contribution in [0, 0.1) is 5.41 Å². The molecule has 2 rings (SSSR count). The van der Waals surface area contributed by atoms with Crippen molar-refractivity contribution in [2.75, 3.05) is 0 Å². The number of esters is 1. The van der Waals surface area contributed by atoms with E-state index < -0.39 is 5.41 Å². The first-order valence-electron chi connectivity index (χ1n) is 6.85. The summed E-state index contributed by atoms with van der Waals surface area (Å²) >= 11 is 0. The van der Waals surface area contributed by atoms with Gasteiger partial charge in [-0.05, 0) is 57.9 Å². The highest BCUT2D eigenvalue weighted by Gasteiger charge is 2.23. The van der Waals surface area contributed by atoms with Crippen molar-refractivity contribution in [2.45, 2.75) is 40.2 Å².